The molecule has 0 aromatic carbocycles. The first kappa shape index (κ1) is 18.7. The number of hydrogen-bond acceptors (Lipinski definition) is 5. The normalized spacial score (nSPS) is 18.7. The van der Waals surface area contributed by atoms with E-state index >= 15 is 0 Å². The van der Waals surface area contributed by atoms with E-state index in [2.05, 4.69) is 20.8 Å². The van der Waals surface area contributed by atoms with E-state index in [1.807, 2.05) is 0 Å². The summed E-state index contributed by atoms with van der Waals surface area (Å²) in [7, 11) is 1.80. The monoisotopic (exact) mass is 386 g/mol. The molecule has 9 nitrogen and oxygen atoms in total. The van der Waals surface area contributed by atoms with Crippen LogP contribution in [0.1, 0.15) is 47.4 Å². The van der Waals surface area contributed by atoms with Crippen molar-refractivity contribution >= 4 is 17.5 Å². The molecule has 2 aromatic heterocycles. The van der Waals surface area contributed by atoms with Crippen LogP contribution in [0.2, 0.25) is 0 Å². The quantitative estimate of drug-likeness (QED) is 0.772. The van der Waals surface area contributed by atoms with Gasteiger partial charge in [-0.25, -0.2) is 0 Å². The number of hydrogen-bond donors (Lipinski definition) is 2. The molecule has 0 spiro atoms. The lowest BCUT2D eigenvalue weighted by molar-refractivity contribution is -0.122. The number of rotatable bonds is 6. The molecule has 3 heterocycles. The van der Waals surface area contributed by atoms with Gasteiger partial charge in [0.2, 0.25) is 5.91 Å². The summed E-state index contributed by atoms with van der Waals surface area (Å²) in [6, 6.07) is 0. The molecule has 4 rings (SSSR count). The Morgan fingerprint density at radius 1 is 1.29 bits per heavy atom. The zero-order chi connectivity index (χ0) is 19.5. The van der Waals surface area contributed by atoms with Gasteiger partial charge in [0.25, 0.3) is 5.91 Å². The highest BCUT2D eigenvalue weighted by atomic mass is 16.5. The lowest BCUT2D eigenvalue weighted by atomic mass is 9.95. The number of ether oxygens (including phenoxy) is 1. The van der Waals surface area contributed by atoms with Gasteiger partial charge in [0.15, 0.2) is 0 Å². The van der Waals surface area contributed by atoms with E-state index in [4.69, 9.17) is 4.74 Å². The Labute approximate surface area is 163 Å². The molecular weight excluding hydrogens is 360 g/mol. The van der Waals surface area contributed by atoms with E-state index in [-0.39, 0.29) is 24.5 Å². The number of aryl methyl sites for hydroxylation is 2. The first-order valence-corrected chi connectivity index (χ1v) is 9.87. The number of fused-ring (bicyclic) bond motifs is 1. The molecule has 1 saturated heterocycles. The van der Waals surface area contributed by atoms with E-state index in [0.717, 1.165) is 56.4 Å². The molecule has 2 amide bonds. The SMILES string of the molecule is Cn1nc2c(c1C(=O)Nc1cnn(CC(=O)NCC3CCCO3)c1)CCCC2. The molecule has 1 atom stereocenters. The predicted molar refractivity (Wildman–Crippen MR) is 102 cm³/mol. The van der Waals surface area contributed by atoms with Gasteiger partial charge in [-0.1, -0.05) is 0 Å². The largest absolute Gasteiger partial charge is 0.376 e. The summed E-state index contributed by atoms with van der Waals surface area (Å²) < 4.78 is 8.67. The van der Waals surface area contributed by atoms with Gasteiger partial charge in [0.1, 0.15) is 12.2 Å². The van der Waals surface area contributed by atoms with Gasteiger partial charge >= 0.3 is 0 Å². The highest BCUT2D eigenvalue weighted by molar-refractivity contribution is 6.04. The Morgan fingerprint density at radius 3 is 2.96 bits per heavy atom. The van der Waals surface area contributed by atoms with Gasteiger partial charge < -0.3 is 15.4 Å². The Hall–Kier alpha value is -2.68. The summed E-state index contributed by atoms with van der Waals surface area (Å²) in [5.41, 5.74) is 3.24. The van der Waals surface area contributed by atoms with Crippen molar-refractivity contribution < 1.29 is 14.3 Å². The maximum absolute atomic E-state index is 12.7. The molecule has 2 N–H and O–H groups in total. The maximum atomic E-state index is 12.7. The molecule has 1 aliphatic carbocycles. The highest BCUT2D eigenvalue weighted by Gasteiger charge is 2.24. The summed E-state index contributed by atoms with van der Waals surface area (Å²) in [6.45, 7) is 1.39. The maximum Gasteiger partial charge on any atom is 0.274 e. The standard InChI is InChI=1S/C19H26N6O3/c1-24-18(15-6-2-3-7-16(15)23-24)19(27)22-13-9-21-25(11-13)12-17(26)20-10-14-5-4-8-28-14/h9,11,14H,2-8,10,12H2,1H3,(H,20,26)(H,22,27). The lowest BCUT2D eigenvalue weighted by Crippen LogP contribution is -2.34. The Kier molecular flexibility index (Phi) is 5.43. The Balaban J connectivity index is 1.34. The van der Waals surface area contributed by atoms with Crippen molar-refractivity contribution in [3.05, 3.63) is 29.3 Å². The van der Waals surface area contributed by atoms with E-state index in [1.165, 1.54) is 4.68 Å². The smallest absolute Gasteiger partial charge is 0.274 e. The Morgan fingerprint density at radius 2 is 2.14 bits per heavy atom. The molecule has 1 fully saturated rings. The third-order valence-corrected chi connectivity index (χ3v) is 5.28. The minimum absolute atomic E-state index is 0.101. The zero-order valence-electron chi connectivity index (χ0n) is 16.1. The molecule has 2 aliphatic rings. The van der Waals surface area contributed by atoms with Gasteiger partial charge in [0.05, 0.1) is 23.7 Å². The third kappa shape index (κ3) is 4.09. The number of aromatic nitrogens is 4. The molecule has 1 unspecified atom stereocenters. The molecule has 28 heavy (non-hydrogen) atoms. The van der Waals surface area contributed by atoms with Crippen molar-refractivity contribution in [1.29, 1.82) is 0 Å². The summed E-state index contributed by atoms with van der Waals surface area (Å²) in [5.74, 6) is -0.322. The van der Waals surface area contributed by atoms with E-state index in [0.29, 0.717) is 17.9 Å². The fourth-order valence-electron chi connectivity index (χ4n) is 3.91. The average molecular weight is 386 g/mol. The van der Waals surface area contributed by atoms with Gasteiger partial charge in [-0.3, -0.25) is 19.0 Å². The summed E-state index contributed by atoms with van der Waals surface area (Å²) in [5, 5.41) is 14.4. The zero-order valence-corrected chi connectivity index (χ0v) is 16.1. The van der Waals surface area contributed by atoms with Crippen molar-refractivity contribution in [2.75, 3.05) is 18.5 Å². The van der Waals surface area contributed by atoms with Gasteiger partial charge in [0, 0.05) is 32.0 Å². The molecule has 0 radical (unpaired) electrons. The fourth-order valence-corrected chi connectivity index (χ4v) is 3.91. The molecule has 9 heteroatoms. The van der Waals surface area contributed by atoms with Crippen LogP contribution in [0.15, 0.2) is 12.4 Å². The third-order valence-electron chi connectivity index (χ3n) is 5.28. The Bertz CT molecular complexity index is 865. The van der Waals surface area contributed by atoms with Crippen molar-refractivity contribution in [2.24, 2.45) is 7.05 Å². The number of nitrogens with one attached hydrogen (secondary N) is 2. The first-order valence-electron chi connectivity index (χ1n) is 9.87. The molecular formula is C19H26N6O3. The molecule has 1 aliphatic heterocycles. The lowest BCUT2D eigenvalue weighted by Gasteiger charge is -2.11. The highest BCUT2D eigenvalue weighted by Crippen LogP contribution is 2.24. The summed E-state index contributed by atoms with van der Waals surface area (Å²) in [4.78, 5) is 24.8. The van der Waals surface area contributed by atoms with E-state index in [1.54, 1.807) is 24.1 Å². The van der Waals surface area contributed by atoms with Crippen LogP contribution in [-0.2, 0) is 36.0 Å². The minimum Gasteiger partial charge on any atom is -0.376 e. The molecule has 150 valence electrons. The second kappa shape index (κ2) is 8.14. The van der Waals surface area contributed by atoms with Crippen LogP contribution in [-0.4, -0.2) is 50.6 Å². The molecule has 0 saturated carbocycles. The van der Waals surface area contributed by atoms with Gasteiger partial charge in [-0.05, 0) is 38.5 Å². The van der Waals surface area contributed by atoms with Crippen molar-refractivity contribution in [3.8, 4) is 0 Å². The van der Waals surface area contributed by atoms with Crippen LogP contribution in [0.4, 0.5) is 5.69 Å². The topological polar surface area (TPSA) is 103 Å². The van der Waals surface area contributed by atoms with E-state index < -0.39 is 0 Å². The van der Waals surface area contributed by atoms with Crippen LogP contribution in [0, 0.1) is 0 Å². The van der Waals surface area contributed by atoms with Crippen molar-refractivity contribution in [3.63, 3.8) is 0 Å². The van der Waals surface area contributed by atoms with Crippen LogP contribution in [0.25, 0.3) is 0 Å². The number of anilines is 1. The van der Waals surface area contributed by atoms with Crippen molar-refractivity contribution in [2.45, 2.75) is 51.2 Å². The summed E-state index contributed by atoms with van der Waals surface area (Å²) >= 11 is 0. The first-order chi connectivity index (χ1) is 13.6. The van der Waals surface area contributed by atoms with Gasteiger partial charge in [-0.15, -0.1) is 0 Å². The van der Waals surface area contributed by atoms with Crippen molar-refractivity contribution in [1.82, 2.24) is 24.9 Å². The number of amides is 2. The minimum atomic E-state index is -0.194. The average Bonchev–Trinajstić information content (AvgIpc) is 3.39. The second-order valence-electron chi connectivity index (χ2n) is 7.42. The van der Waals surface area contributed by atoms with Crippen LogP contribution >= 0.6 is 0 Å². The predicted octanol–water partition coefficient (Wildman–Crippen LogP) is 1.04. The summed E-state index contributed by atoms with van der Waals surface area (Å²) in [6.07, 6.45) is 9.36. The fraction of sp³-hybridized carbons (Fsp3) is 0.579. The molecule has 2 aromatic rings. The van der Waals surface area contributed by atoms with Crippen LogP contribution in [0.3, 0.4) is 0 Å². The van der Waals surface area contributed by atoms with Crippen LogP contribution in [0.5, 0.6) is 0 Å². The molecule has 0 bridgehead atoms. The van der Waals surface area contributed by atoms with Gasteiger partial charge in [-0.2, -0.15) is 10.2 Å². The second-order valence-corrected chi connectivity index (χ2v) is 7.42. The number of carbonyl (C=O) groups excluding carboxylic acids is 2. The van der Waals surface area contributed by atoms with Crippen LogP contribution < -0.4 is 10.6 Å². The number of carbonyl (C=O) groups is 2. The number of nitrogens with zero attached hydrogens (tertiary/aromatic N) is 4. The van der Waals surface area contributed by atoms with E-state index in [9.17, 15) is 9.59 Å².